The fourth-order valence-corrected chi connectivity index (χ4v) is 3.08. The first-order valence-corrected chi connectivity index (χ1v) is 6.58. The largest absolute Gasteiger partial charge is 0.315 e. The summed E-state index contributed by atoms with van der Waals surface area (Å²) in [5, 5.41) is 3.11. The summed E-state index contributed by atoms with van der Waals surface area (Å²) in [4.78, 5) is 7.78. The summed E-state index contributed by atoms with van der Waals surface area (Å²) in [5.74, 6) is 0. The highest BCUT2D eigenvalue weighted by atomic mass is 35.5. The van der Waals surface area contributed by atoms with Gasteiger partial charge in [0.25, 0.3) is 10.0 Å². The third-order valence-electron chi connectivity index (χ3n) is 2.47. The molecule has 0 aliphatic carbocycles. The molecule has 2 rings (SSSR count). The summed E-state index contributed by atoms with van der Waals surface area (Å²) in [7, 11) is -3.54. The van der Waals surface area contributed by atoms with Gasteiger partial charge in [-0.15, -0.1) is 12.4 Å². The number of nitrogens with zero attached hydrogens (tertiary/aromatic N) is 2. The monoisotopic (exact) mass is 278 g/mol. The van der Waals surface area contributed by atoms with E-state index in [1.165, 1.54) is 12.4 Å². The zero-order chi connectivity index (χ0) is 11.6. The average molecular weight is 279 g/mol. The molecule has 1 aromatic heterocycles. The molecule has 0 saturated carbocycles. The van der Waals surface area contributed by atoms with E-state index < -0.39 is 10.0 Å². The van der Waals surface area contributed by atoms with E-state index in [0.29, 0.717) is 12.2 Å². The third kappa shape index (κ3) is 3.35. The standard InChI is InChI=1S/C9H14N4O2S.ClH/c1-7-9(12-5-4-11-7)16(14,15)13-8-2-3-10-6-8;/h4-5,8,10,13H,2-3,6H2,1H3;1H/t8-;/m0./s1. The molecule has 6 nitrogen and oxygen atoms in total. The van der Waals surface area contributed by atoms with E-state index in [0.717, 1.165) is 13.0 Å². The molecule has 0 aromatic carbocycles. The van der Waals surface area contributed by atoms with Crippen molar-refractivity contribution in [2.45, 2.75) is 24.4 Å². The number of aryl methyl sites for hydroxylation is 1. The number of halogens is 1. The molecule has 1 aliphatic rings. The number of sulfonamides is 1. The summed E-state index contributed by atoms with van der Waals surface area (Å²) in [6, 6.07) is -0.0496. The molecule has 1 atom stereocenters. The molecule has 96 valence electrons. The zero-order valence-corrected chi connectivity index (χ0v) is 11.0. The molecule has 2 heterocycles. The number of rotatable bonds is 3. The highest BCUT2D eigenvalue weighted by Crippen LogP contribution is 2.10. The van der Waals surface area contributed by atoms with Crippen LogP contribution in [-0.4, -0.2) is 37.5 Å². The van der Waals surface area contributed by atoms with E-state index in [9.17, 15) is 8.42 Å². The van der Waals surface area contributed by atoms with Crippen LogP contribution in [0.2, 0.25) is 0 Å². The molecule has 0 spiro atoms. The van der Waals surface area contributed by atoms with Crippen molar-refractivity contribution in [1.29, 1.82) is 0 Å². The van der Waals surface area contributed by atoms with E-state index >= 15 is 0 Å². The van der Waals surface area contributed by atoms with Crippen molar-refractivity contribution in [3.63, 3.8) is 0 Å². The van der Waals surface area contributed by atoms with Gasteiger partial charge in [-0.25, -0.2) is 18.1 Å². The molecule has 0 unspecified atom stereocenters. The molecule has 2 N–H and O–H groups in total. The third-order valence-corrected chi connectivity index (χ3v) is 4.03. The molecule has 0 radical (unpaired) electrons. The Morgan fingerprint density at radius 2 is 2.12 bits per heavy atom. The second-order valence-electron chi connectivity index (χ2n) is 3.76. The van der Waals surface area contributed by atoms with Crippen LogP contribution in [0.25, 0.3) is 0 Å². The Labute approximate surface area is 107 Å². The van der Waals surface area contributed by atoms with Crippen molar-refractivity contribution < 1.29 is 8.42 Å². The summed E-state index contributed by atoms with van der Waals surface area (Å²) in [5.41, 5.74) is 0.418. The minimum atomic E-state index is -3.54. The maximum atomic E-state index is 12.0. The minimum absolute atomic E-state index is 0. The molecule has 0 amide bonds. The van der Waals surface area contributed by atoms with E-state index in [2.05, 4.69) is 20.0 Å². The predicted octanol–water partition coefficient (Wildman–Crippen LogP) is -0.153. The van der Waals surface area contributed by atoms with Gasteiger partial charge in [0.05, 0.1) is 5.69 Å². The van der Waals surface area contributed by atoms with Gasteiger partial charge in [0.1, 0.15) is 0 Å². The molecule has 17 heavy (non-hydrogen) atoms. The van der Waals surface area contributed by atoms with Gasteiger partial charge in [0.2, 0.25) is 0 Å². The quantitative estimate of drug-likeness (QED) is 0.803. The van der Waals surface area contributed by atoms with Gasteiger partial charge >= 0.3 is 0 Å². The lowest BCUT2D eigenvalue weighted by Crippen LogP contribution is -2.37. The number of hydrogen-bond donors (Lipinski definition) is 2. The molecule has 1 aromatic rings. The lowest BCUT2D eigenvalue weighted by molar-refractivity contribution is 0.555. The normalized spacial score (nSPS) is 19.9. The Morgan fingerprint density at radius 1 is 1.41 bits per heavy atom. The smallest absolute Gasteiger partial charge is 0.260 e. The van der Waals surface area contributed by atoms with Crippen LogP contribution in [0.5, 0.6) is 0 Å². The van der Waals surface area contributed by atoms with Gasteiger partial charge in [-0.1, -0.05) is 0 Å². The highest BCUT2D eigenvalue weighted by molar-refractivity contribution is 7.89. The molecule has 1 aliphatic heterocycles. The van der Waals surface area contributed by atoms with Crippen molar-refractivity contribution in [1.82, 2.24) is 20.0 Å². The van der Waals surface area contributed by atoms with Crippen molar-refractivity contribution in [2.75, 3.05) is 13.1 Å². The van der Waals surface area contributed by atoms with Crippen LogP contribution in [0.15, 0.2) is 17.4 Å². The van der Waals surface area contributed by atoms with E-state index in [1.54, 1.807) is 6.92 Å². The molecule has 0 bridgehead atoms. The second kappa shape index (κ2) is 5.72. The van der Waals surface area contributed by atoms with Gasteiger partial charge in [-0.3, -0.25) is 4.98 Å². The predicted molar refractivity (Wildman–Crippen MR) is 65.6 cm³/mol. The van der Waals surface area contributed by atoms with Crippen LogP contribution in [0.4, 0.5) is 0 Å². The van der Waals surface area contributed by atoms with Crippen molar-refractivity contribution in [2.24, 2.45) is 0 Å². The molecular weight excluding hydrogens is 264 g/mol. The highest BCUT2D eigenvalue weighted by Gasteiger charge is 2.25. The lowest BCUT2D eigenvalue weighted by Gasteiger charge is -2.11. The van der Waals surface area contributed by atoms with E-state index in [4.69, 9.17) is 0 Å². The van der Waals surface area contributed by atoms with Crippen LogP contribution in [0.3, 0.4) is 0 Å². The van der Waals surface area contributed by atoms with Gasteiger partial charge in [0.15, 0.2) is 5.03 Å². The summed E-state index contributed by atoms with van der Waals surface area (Å²) in [6.07, 6.45) is 3.67. The maximum Gasteiger partial charge on any atom is 0.260 e. The van der Waals surface area contributed by atoms with Gasteiger partial charge < -0.3 is 5.32 Å². The number of hydrogen-bond acceptors (Lipinski definition) is 5. The zero-order valence-electron chi connectivity index (χ0n) is 9.38. The van der Waals surface area contributed by atoms with Crippen LogP contribution >= 0.6 is 12.4 Å². The fraction of sp³-hybridized carbons (Fsp3) is 0.556. The number of nitrogens with one attached hydrogen (secondary N) is 2. The van der Waals surface area contributed by atoms with Crippen molar-refractivity contribution >= 4 is 22.4 Å². The SMILES string of the molecule is Cc1nccnc1S(=O)(=O)N[C@H]1CCNC1.Cl. The van der Waals surface area contributed by atoms with Crippen molar-refractivity contribution in [3.8, 4) is 0 Å². The molecule has 8 heteroatoms. The van der Waals surface area contributed by atoms with Gasteiger partial charge in [0, 0.05) is 25.0 Å². The molecule has 1 fully saturated rings. The average Bonchev–Trinajstić information content (AvgIpc) is 2.70. The van der Waals surface area contributed by atoms with Crippen LogP contribution in [-0.2, 0) is 10.0 Å². The van der Waals surface area contributed by atoms with Gasteiger partial charge in [-0.2, -0.15) is 0 Å². The first-order valence-electron chi connectivity index (χ1n) is 5.10. The fourth-order valence-electron chi connectivity index (χ4n) is 1.69. The van der Waals surface area contributed by atoms with Crippen LogP contribution in [0.1, 0.15) is 12.1 Å². The first kappa shape index (κ1) is 14.3. The van der Waals surface area contributed by atoms with E-state index in [-0.39, 0.29) is 23.5 Å². The summed E-state index contributed by atoms with van der Waals surface area (Å²) < 4.78 is 26.6. The topological polar surface area (TPSA) is 84.0 Å². The van der Waals surface area contributed by atoms with E-state index in [1.807, 2.05) is 0 Å². The Kier molecular flexibility index (Phi) is 4.81. The Bertz CT molecular complexity index is 474. The first-order chi connectivity index (χ1) is 7.59. The summed E-state index contributed by atoms with van der Waals surface area (Å²) >= 11 is 0. The molecule has 1 saturated heterocycles. The summed E-state index contributed by atoms with van der Waals surface area (Å²) in [6.45, 7) is 3.14. The Balaban J connectivity index is 0.00000144. The molecular formula is C9H15ClN4O2S. The maximum absolute atomic E-state index is 12.0. The lowest BCUT2D eigenvalue weighted by atomic mass is 10.3. The van der Waals surface area contributed by atoms with Crippen LogP contribution < -0.4 is 10.0 Å². The van der Waals surface area contributed by atoms with Gasteiger partial charge in [-0.05, 0) is 19.9 Å². The Morgan fingerprint density at radius 3 is 2.71 bits per heavy atom. The minimum Gasteiger partial charge on any atom is -0.315 e. The Hall–Kier alpha value is -0.760. The van der Waals surface area contributed by atoms with Crippen molar-refractivity contribution in [3.05, 3.63) is 18.1 Å². The number of aromatic nitrogens is 2. The van der Waals surface area contributed by atoms with Crippen LogP contribution in [0, 0.1) is 6.92 Å². The second-order valence-corrected chi connectivity index (χ2v) is 5.39.